The van der Waals surface area contributed by atoms with E-state index in [-0.39, 0.29) is 5.92 Å². The summed E-state index contributed by atoms with van der Waals surface area (Å²) < 4.78 is 16.7. The molecule has 0 atom stereocenters. The SMILES string of the molecule is COCCOCC1c2ccccc2Oc2ccccc21. The maximum atomic E-state index is 5.95. The molecule has 3 rings (SSSR count). The minimum atomic E-state index is 0.216. The van der Waals surface area contributed by atoms with Crippen molar-refractivity contribution in [2.24, 2.45) is 0 Å². The zero-order chi connectivity index (χ0) is 13.8. The molecule has 0 unspecified atom stereocenters. The normalized spacial score (nSPS) is 13.4. The van der Waals surface area contributed by atoms with Gasteiger partial charge in [-0.1, -0.05) is 36.4 Å². The number of para-hydroxylation sites is 2. The summed E-state index contributed by atoms with van der Waals surface area (Å²) in [5, 5.41) is 0. The maximum Gasteiger partial charge on any atom is 0.131 e. The van der Waals surface area contributed by atoms with Gasteiger partial charge >= 0.3 is 0 Å². The lowest BCUT2D eigenvalue weighted by molar-refractivity contribution is 0.0660. The van der Waals surface area contributed by atoms with Crippen LogP contribution in [0.5, 0.6) is 11.5 Å². The van der Waals surface area contributed by atoms with Gasteiger partial charge in [0.05, 0.1) is 19.8 Å². The summed E-state index contributed by atoms with van der Waals surface area (Å²) in [5.74, 6) is 2.06. The van der Waals surface area contributed by atoms with Gasteiger partial charge in [0, 0.05) is 24.2 Å². The number of rotatable bonds is 5. The molecule has 0 aliphatic carbocycles. The largest absolute Gasteiger partial charge is 0.457 e. The summed E-state index contributed by atoms with van der Waals surface area (Å²) in [5.41, 5.74) is 2.37. The van der Waals surface area contributed by atoms with E-state index >= 15 is 0 Å². The highest BCUT2D eigenvalue weighted by Gasteiger charge is 2.26. The molecule has 3 heteroatoms. The van der Waals surface area contributed by atoms with Crippen LogP contribution in [0.4, 0.5) is 0 Å². The summed E-state index contributed by atoms with van der Waals surface area (Å²) in [7, 11) is 1.68. The van der Waals surface area contributed by atoms with Crippen molar-refractivity contribution in [2.75, 3.05) is 26.9 Å². The van der Waals surface area contributed by atoms with Crippen LogP contribution in [-0.2, 0) is 9.47 Å². The van der Waals surface area contributed by atoms with Crippen LogP contribution in [0.25, 0.3) is 0 Å². The molecule has 20 heavy (non-hydrogen) atoms. The summed E-state index contributed by atoms with van der Waals surface area (Å²) in [6, 6.07) is 16.3. The molecule has 0 saturated carbocycles. The molecule has 0 saturated heterocycles. The van der Waals surface area contributed by atoms with E-state index in [0.29, 0.717) is 19.8 Å². The van der Waals surface area contributed by atoms with Gasteiger partial charge < -0.3 is 14.2 Å². The number of benzene rings is 2. The third kappa shape index (κ3) is 2.55. The van der Waals surface area contributed by atoms with E-state index in [0.717, 1.165) is 11.5 Å². The molecule has 2 aromatic carbocycles. The first-order chi connectivity index (χ1) is 9.90. The van der Waals surface area contributed by atoms with Crippen molar-refractivity contribution in [3.05, 3.63) is 59.7 Å². The molecule has 1 aliphatic heterocycles. The van der Waals surface area contributed by atoms with Crippen LogP contribution in [0, 0.1) is 0 Å². The Kier molecular flexibility index (Phi) is 4.00. The summed E-state index contributed by atoms with van der Waals surface area (Å²) in [6.07, 6.45) is 0. The number of ether oxygens (including phenoxy) is 3. The fourth-order valence-corrected chi connectivity index (χ4v) is 2.53. The van der Waals surface area contributed by atoms with Gasteiger partial charge in [-0.05, 0) is 12.1 Å². The molecule has 3 nitrogen and oxygen atoms in total. The second-order valence-corrected chi connectivity index (χ2v) is 4.80. The van der Waals surface area contributed by atoms with Crippen LogP contribution in [-0.4, -0.2) is 26.9 Å². The number of methoxy groups -OCH3 is 1. The Balaban J connectivity index is 1.87. The van der Waals surface area contributed by atoms with Gasteiger partial charge in [-0.15, -0.1) is 0 Å². The van der Waals surface area contributed by atoms with E-state index in [1.54, 1.807) is 7.11 Å². The van der Waals surface area contributed by atoms with Gasteiger partial charge in [0.25, 0.3) is 0 Å². The molecule has 0 N–H and O–H groups in total. The smallest absolute Gasteiger partial charge is 0.131 e. The third-order valence-corrected chi connectivity index (χ3v) is 3.53. The van der Waals surface area contributed by atoms with Gasteiger partial charge in [0.2, 0.25) is 0 Å². The van der Waals surface area contributed by atoms with Gasteiger partial charge in [-0.25, -0.2) is 0 Å². The molecule has 0 bridgehead atoms. The Hall–Kier alpha value is -1.84. The Morgan fingerprint density at radius 2 is 1.50 bits per heavy atom. The fourth-order valence-electron chi connectivity index (χ4n) is 2.53. The van der Waals surface area contributed by atoms with Crippen LogP contribution >= 0.6 is 0 Å². The molecule has 0 radical (unpaired) electrons. The van der Waals surface area contributed by atoms with Crippen LogP contribution < -0.4 is 4.74 Å². The second kappa shape index (κ2) is 6.07. The number of hydrogen-bond acceptors (Lipinski definition) is 3. The van der Waals surface area contributed by atoms with Crippen molar-refractivity contribution in [1.82, 2.24) is 0 Å². The third-order valence-electron chi connectivity index (χ3n) is 3.53. The highest BCUT2D eigenvalue weighted by Crippen LogP contribution is 2.43. The maximum absolute atomic E-state index is 5.95. The quantitative estimate of drug-likeness (QED) is 0.777. The average Bonchev–Trinajstić information content (AvgIpc) is 2.50. The number of hydrogen-bond donors (Lipinski definition) is 0. The highest BCUT2D eigenvalue weighted by atomic mass is 16.5. The molecule has 1 heterocycles. The Morgan fingerprint density at radius 1 is 0.900 bits per heavy atom. The Bertz CT molecular complexity index is 534. The summed E-state index contributed by atoms with van der Waals surface area (Å²) in [6.45, 7) is 1.87. The molecule has 1 aliphatic rings. The van der Waals surface area contributed by atoms with Crippen molar-refractivity contribution in [2.45, 2.75) is 5.92 Å². The lowest BCUT2D eigenvalue weighted by Crippen LogP contribution is -2.16. The van der Waals surface area contributed by atoms with Gasteiger partial charge in [-0.3, -0.25) is 0 Å². The van der Waals surface area contributed by atoms with Gasteiger partial charge in [0.1, 0.15) is 11.5 Å². The molecule has 0 spiro atoms. The zero-order valence-corrected chi connectivity index (χ0v) is 11.5. The monoisotopic (exact) mass is 270 g/mol. The summed E-state index contributed by atoms with van der Waals surface area (Å²) >= 11 is 0. The van der Waals surface area contributed by atoms with Crippen LogP contribution in [0.1, 0.15) is 17.0 Å². The van der Waals surface area contributed by atoms with E-state index < -0.39 is 0 Å². The van der Waals surface area contributed by atoms with Crippen molar-refractivity contribution in [3.8, 4) is 11.5 Å². The lowest BCUT2D eigenvalue weighted by atomic mass is 9.89. The zero-order valence-electron chi connectivity index (χ0n) is 11.5. The van der Waals surface area contributed by atoms with Crippen LogP contribution in [0.3, 0.4) is 0 Å². The minimum absolute atomic E-state index is 0.216. The van der Waals surface area contributed by atoms with Crippen molar-refractivity contribution < 1.29 is 14.2 Å². The second-order valence-electron chi connectivity index (χ2n) is 4.80. The van der Waals surface area contributed by atoms with Crippen molar-refractivity contribution >= 4 is 0 Å². The van der Waals surface area contributed by atoms with E-state index in [1.807, 2.05) is 36.4 Å². The van der Waals surface area contributed by atoms with Crippen molar-refractivity contribution in [1.29, 1.82) is 0 Å². The molecular weight excluding hydrogens is 252 g/mol. The Labute approximate surface area is 119 Å². The molecule has 0 amide bonds. The molecular formula is C17H18O3. The van der Waals surface area contributed by atoms with Gasteiger partial charge in [0.15, 0.2) is 0 Å². The van der Waals surface area contributed by atoms with E-state index in [1.165, 1.54) is 11.1 Å². The minimum Gasteiger partial charge on any atom is -0.457 e. The first-order valence-electron chi connectivity index (χ1n) is 6.82. The van der Waals surface area contributed by atoms with E-state index in [4.69, 9.17) is 14.2 Å². The molecule has 104 valence electrons. The van der Waals surface area contributed by atoms with Gasteiger partial charge in [-0.2, -0.15) is 0 Å². The fraction of sp³-hybridized carbons (Fsp3) is 0.294. The molecule has 0 aromatic heterocycles. The molecule has 0 fully saturated rings. The van der Waals surface area contributed by atoms with Crippen LogP contribution in [0.15, 0.2) is 48.5 Å². The predicted octanol–water partition coefficient (Wildman–Crippen LogP) is 3.59. The standard InChI is InChI=1S/C17H18O3/c1-18-10-11-19-12-15-13-6-2-4-8-16(13)20-17-9-5-3-7-14(15)17/h2-9,15H,10-12H2,1H3. The Morgan fingerprint density at radius 3 is 2.10 bits per heavy atom. The predicted molar refractivity (Wildman–Crippen MR) is 77.5 cm³/mol. The average molecular weight is 270 g/mol. The highest BCUT2D eigenvalue weighted by molar-refractivity contribution is 5.53. The lowest BCUT2D eigenvalue weighted by Gasteiger charge is -2.28. The molecule has 2 aromatic rings. The van der Waals surface area contributed by atoms with Crippen LogP contribution in [0.2, 0.25) is 0 Å². The van der Waals surface area contributed by atoms with Crippen molar-refractivity contribution in [3.63, 3.8) is 0 Å². The summed E-state index contributed by atoms with van der Waals surface area (Å²) in [4.78, 5) is 0. The topological polar surface area (TPSA) is 27.7 Å². The van der Waals surface area contributed by atoms with E-state index in [9.17, 15) is 0 Å². The first-order valence-corrected chi connectivity index (χ1v) is 6.82. The van der Waals surface area contributed by atoms with E-state index in [2.05, 4.69) is 12.1 Å². The first kappa shape index (κ1) is 13.2. The number of fused-ring (bicyclic) bond motifs is 2.